The van der Waals surface area contributed by atoms with Gasteiger partial charge in [0.2, 0.25) is 5.91 Å². The number of aryl methyl sites for hydroxylation is 1. The van der Waals surface area contributed by atoms with Crippen molar-refractivity contribution in [2.45, 2.75) is 39.4 Å². The average molecular weight is 476 g/mol. The summed E-state index contributed by atoms with van der Waals surface area (Å²) in [5.74, 6) is 1.86. The molecule has 5 nitrogen and oxygen atoms in total. The van der Waals surface area contributed by atoms with Crippen LogP contribution in [0.15, 0.2) is 71.1 Å². The number of para-hydroxylation sites is 1. The average Bonchev–Trinajstić information content (AvgIpc) is 3.42. The number of hydrogen-bond acceptors (Lipinski definition) is 3. The largest absolute Gasteiger partial charge is 0.465 e. The van der Waals surface area contributed by atoms with Crippen LogP contribution >= 0.6 is 11.6 Å². The van der Waals surface area contributed by atoms with Crippen molar-refractivity contribution in [1.82, 2.24) is 14.8 Å². The zero-order valence-electron chi connectivity index (χ0n) is 19.5. The summed E-state index contributed by atoms with van der Waals surface area (Å²) in [5, 5.41) is 5.06. The van der Waals surface area contributed by atoms with Gasteiger partial charge in [-0.1, -0.05) is 41.9 Å². The number of benzene rings is 2. The quantitative estimate of drug-likeness (QED) is 0.369. The van der Waals surface area contributed by atoms with Crippen molar-refractivity contribution in [3.63, 3.8) is 0 Å². The second kappa shape index (κ2) is 10.1. The van der Waals surface area contributed by atoms with Crippen molar-refractivity contribution in [1.29, 1.82) is 0 Å². The van der Waals surface area contributed by atoms with Crippen molar-refractivity contribution in [3.05, 3.63) is 94.5 Å². The molecule has 0 spiro atoms. The second-order valence-corrected chi connectivity index (χ2v) is 9.62. The summed E-state index contributed by atoms with van der Waals surface area (Å²) in [6.45, 7) is 5.89. The number of fused-ring (bicyclic) bond motifs is 1. The second-order valence-electron chi connectivity index (χ2n) is 9.19. The van der Waals surface area contributed by atoms with E-state index in [4.69, 9.17) is 16.0 Å². The summed E-state index contributed by atoms with van der Waals surface area (Å²) < 4.78 is 7.96. The summed E-state index contributed by atoms with van der Waals surface area (Å²) in [7, 11) is 0. The molecule has 34 heavy (non-hydrogen) atoms. The molecule has 1 aliphatic heterocycles. The van der Waals surface area contributed by atoms with Crippen LogP contribution in [0.1, 0.15) is 35.6 Å². The maximum atomic E-state index is 12.7. The fraction of sp³-hybridized carbons (Fsp3) is 0.321. The third kappa shape index (κ3) is 5.21. The topological polar surface area (TPSA) is 50.4 Å². The zero-order chi connectivity index (χ0) is 23.5. The molecule has 176 valence electrons. The molecule has 1 amide bonds. The predicted octanol–water partition coefficient (Wildman–Crippen LogP) is 5.77. The molecule has 1 N–H and O–H groups in total. The Morgan fingerprint density at radius 1 is 1.03 bits per heavy atom. The van der Waals surface area contributed by atoms with E-state index in [2.05, 4.69) is 57.2 Å². The van der Waals surface area contributed by atoms with E-state index in [0.717, 1.165) is 55.6 Å². The summed E-state index contributed by atoms with van der Waals surface area (Å²) >= 11 is 6.09. The number of furan rings is 1. The van der Waals surface area contributed by atoms with Crippen LogP contribution in [0.4, 0.5) is 0 Å². The van der Waals surface area contributed by atoms with Crippen LogP contribution in [0, 0.1) is 12.8 Å². The van der Waals surface area contributed by atoms with E-state index in [0.29, 0.717) is 6.54 Å². The number of nitrogens with zero attached hydrogens (tertiary/aromatic N) is 2. The fourth-order valence-electron chi connectivity index (χ4n) is 4.84. The van der Waals surface area contributed by atoms with Gasteiger partial charge in [-0.2, -0.15) is 0 Å². The molecule has 0 aliphatic carbocycles. The Morgan fingerprint density at radius 2 is 1.79 bits per heavy atom. The molecule has 0 atom stereocenters. The van der Waals surface area contributed by atoms with Gasteiger partial charge in [-0.15, -0.1) is 0 Å². The summed E-state index contributed by atoms with van der Waals surface area (Å²) in [6.07, 6.45) is 1.75. The lowest BCUT2D eigenvalue weighted by Crippen LogP contribution is -2.40. The Hall–Kier alpha value is -3.02. The van der Waals surface area contributed by atoms with Gasteiger partial charge in [0.15, 0.2) is 0 Å². The molecule has 0 unspecified atom stereocenters. The number of hydrogen-bond donors (Lipinski definition) is 1. The summed E-state index contributed by atoms with van der Waals surface area (Å²) in [6, 6.07) is 22.8. The first-order valence-electron chi connectivity index (χ1n) is 11.9. The lowest BCUT2D eigenvalue weighted by molar-refractivity contribution is -0.126. The Morgan fingerprint density at radius 3 is 2.53 bits per heavy atom. The number of rotatable bonds is 7. The highest BCUT2D eigenvalue weighted by atomic mass is 35.5. The van der Waals surface area contributed by atoms with Crippen molar-refractivity contribution < 1.29 is 9.21 Å². The van der Waals surface area contributed by atoms with E-state index in [1.165, 1.54) is 22.2 Å². The maximum absolute atomic E-state index is 12.7. The molecule has 0 bridgehead atoms. The summed E-state index contributed by atoms with van der Waals surface area (Å²) in [4.78, 5) is 15.1. The molecule has 0 saturated carbocycles. The molecule has 5 rings (SSSR count). The van der Waals surface area contributed by atoms with E-state index in [1.54, 1.807) is 0 Å². The van der Waals surface area contributed by atoms with E-state index in [9.17, 15) is 4.79 Å². The van der Waals surface area contributed by atoms with Crippen LogP contribution in [-0.2, 0) is 24.4 Å². The van der Waals surface area contributed by atoms with Crippen LogP contribution < -0.4 is 5.32 Å². The van der Waals surface area contributed by atoms with Crippen molar-refractivity contribution in [2.75, 3.05) is 13.1 Å². The van der Waals surface area contributed by atoms with E-state index < -0.39 is 0 Å². The van der Waals surface area contributed by atoms with Crippen LogP contribution in [0.5, 0.6) is 0 Å². The lowest BCUT2D eigenvalue weighted by atomic mass is 9.96. The normalized spacial score (nSPS) is 15.1. The number of carbonyl (C=O) groups is 1. The highest BCUT2D eigenvalue weighted by molar-refractivity contribution is 6.30. The highest BCUT2D eigenvalue weighted by Crippen LogP contribution is 2.25. The first kappa shape index (κ1) is 22.8. The number of amides is 1. The summed E-state index contributed by atoms with van der Waals surface area (Å²) in [5.41, 5.74) is 3.77. The Kier molecular flexibility index (Phi) is 6.75. The van der Waals surface area contributed by atoms with Crippen LogP contribution in [-0.4, -0.2) is 28.5 Å². The molecule has 6 heteroatoms. The Bertz CT molecular complexity index is 1270. The SMILES string of the molecule is Cc1ccc(CNC(=O)C2CCN(Cc3cc4ccccc4n3Cc3ccc(Cl)cc3)CC2)o1. The fourth-order valence-corrected chi connectivity index (χ4v) is 4.96. The lowest BCUT2D eigenvalue weighted by Gasteiger charge is -2.31. The Labute approximate surface area is 205 Å². The Balaban J connectivity index is 1.22. The first-order valence-corrected chi connectivity index (χ1v) is 12.3. The van der Waals surface area contributed by atoms with Crippen LogP contribution in [0.2, 0.25) is 5.02 Å². The standard InChI is InChI=1S/C28H30ClN3O2/c1-20-6-11-26(34-20)17-30-28(33)22-12-14-31(15-13-22)19-25-16-23-4-2-3-5-27(23)32(25)18-21-7-9-24(29)10-8-21/h2-11,16,22H,12-15,17-19H2,1H3,(H,30,33). The smallest absolute Gasteiger partial charge is 0.223 e. The van der Waals surface area contributed by atoms with E-state index in [1.807, 2.05) is 31.2 Å². The molecule has 1 saturated heterocycles. The van der Waals surface area contributed by atoms with Gasteiger partial charge in [-0.25, -0.2) is 0 Å². The molecule has 1 aliphatic rings. The monoisotopic (exact) mass is 475 g/mol. The molecular weight excluding hydrogens is 446 g/mol. The van der Waals surface area contributed by atoms with Crippen molar-refractivity contribution >= 4 is 28.4 Å². The minimum Gasteiger partial charge on any atom is -0.465 e. The molecule has 2 aromatic heterocycles. The molecule has 4 aromatic rings. The predicted molar refractivity (Wildman–Crippen MR) is 136 cm³/mol. The number of nitrogens with one attached hydrogen (secondary N) is 1. The van der Waals surface area contributed by atoms with Crippen LogP contribution in [0.25, 0.3) is 10.9 Å². The van der Waals surface area contributed by atoms with Gasteiger partial charge >= 0.3 is 0 Å². The third-order valence-electron chi connectivity index (χ3n) is 6.73. The third-order valence-corrected chi connectivity index (χ3v) is 6.98. The highest BCUT2D eigenvalue weighted by Gasteiger charge is 2.25. The van der Waals surface area contributed by atoms with Crippen molar-refractivity contribution in [3.8, 4) is 0 Å². The van der Waals surface area contributed by atoms with Crippen LogP contribution in [0.3, 0.4) is 0 Å². The number of carbonyl (C=O) groups excluding carboxylic acids is 1. The van der Waals surface area contributed by atoms with Gasteiger partial charge in [-0.05, 0) is 80.2 Å². The van der Waals surface area contributed by atoms with Gasteiger partial charge in [0, 0.05) is 35.2 Å². The maximum Gasteiger partial charge on any atom is 0.223 e. The minimum absolute atomic E-state index is 0.0623. The molecule has 1 fully saturated rings. The number of aromatic nitrogens is 1. The molecule has 3 heterocycles. The van der Waals surface area contributed by atoms with Gasteiger partial charge in [0.1, 0.15) is 11.5 Å². The van der Waals surface area contributed by atoms with Gasteiger partial charge in [0.05, 0.1) is 6.54 Å². The number of halogens is 1. The molecular formula is C28H30ClN3O2. The minimum atomic E-state index is 0.0623. The van der Waals surface area contributed by atoms with Gasteiger partial charge in [-0.3, -0.25) is 9.69 Å². The van der Waals surface area contributed by atoms with E-state index >= 15 is 0 Å². The molecule has 0 radical (unpaired) electrons. The van der Waals surface area contributed by atoms with E-state index in [-0.39, 0.29) is 11.8 Å². The first-order chi connectivity index (χ1) is 16.5. The number of piperidine rings is 1. The van der Waals surface area contributed by atoms with Crippen molar-refractivity contribution in [2.24, 2.45) is 5.92 Å². The van der Waals surface area contributed by atoms with Gasteiger partial charge in [0.25, 0.3) is 0 Å². The van der Waals surface area contributed by atoms with Gasteiger partial charge < -0.3 is 14.3 Å². The molecule has 2 aromatic carbocycles. The zero-order valence-corrected chi connectivity index (χ0v) is 20.2. The number of likely N-dealkylation sites (tertiary alicyclic amines) is 1.